The van der Waals surface area contributed by atoms with Crippen molar-refractivity contribution in [3.05, 3.63) is 41.6 Å². The summed E-state index contributed by atoms with van der Waals surface area (Å²) in [5, 5.41) is 4.14. The van der Waals surface area contributed by atoms with Crippen molar-refractivity contribution in [2.45, 2.75) is 39.2 Å². The van der Waals surface area contributed by atoms with Gasteiger partial charge in [-0.15, -0.1) is 0 Å². The highest BCUT2D eigenvalue weighted by Crippen LogP contribution is 2.36. The largest absolute Gasteiger partial charge is 0.361 e. The number of rotatable bonds is 5. The van der Waals surface area contributed by atoms with Crippen LogP contribution in [0.3, 0.4) is 0 Å². The Morgan fingerprint density at radius 3 is 2.82 bits per heavy atom. The van der Waals surface area contributed by atoms with E-state index in [0.717, 1.165) is 72.5 Å². The Kier molecular flexibility index (Phi) is 5.13. The Balaban J connectivity index is 1.69. The van der Waals surface area contributed by atoms with Crippen molar-refractivity contribution in [1.29, 1.82) is 0 Å². The summed E-state index contributed by atoms with van der Waals surface area (Å²) in [6.45, 7) is 6.77. The molecule has 1 N–H and O–H groups in total. The van der Waals surface area contributed by atoms with Crippen LogP contribution in [0.2, 0.25) is 0 Å². The van der Waals surface area contributed by atoms with Crippen LogP contribution in [0.5, 0.6) is 0 Å². The number of hydrogen-bond acceptors (Lipinski definition) is 7. The zero-order valence-electron chi connectivity index (χ0n) is 16.9. The minimum atomic E-state index is 0.328. The van der Waals surface area contributed by atoms with Gasteiger partial charge in [0, 0.05) is 50.7 Å². The van der Waals surface area contributed by atoms with Crippen molar-refractivity contribution >= 4 is 5.95 Å². The molecule has 8 nitrogen and oxygen atoms in total. The molecule has 1 fully saturated rings. The molecule has 0 spiro atoms. The first-order chi connectivity index (χ1) is 13.5. The van der Waals surface area contributed by atoms with E-state index in [1.165, 1.54) is 0 Å². The van der Waals surface area contributed by atoms with Crippen LogP contribution in [-0.2, 0) is 6.54 Å². The first kappa shape index (κ1) is 18.6. The average Bonchev–Trinajstić information content (AvgIpc) is 3.31. The standard InChI is InChI=1S/C20H27N7O/c1-13-18(14(2)28-25-13)16-10-23-20(26(3)4)24-19(16)15-6-5-9-27(11-15)12-17-21-7-8-22-17/h7-8,10,15H,5-6,9,11-12H2,1-4H3,(H,21,22). The lowest BCUT2D eigenvalue weighted by atomic mass is 9.89. The topological polar surface area (TPSA) is 87.0 Å². The van der Waals surface area contributed by atoms with Crippen molar-refractivity contribution in [2.75, 3.05) is 32.1 Å². The second kappa shape index (κ2) is 7.71. The van der Waals surface area contributed by atoms with Gasteiger partial charge in [-0.2, -0.15) is 0 Å². The second-order valence-corrected chi connectivity index (χ2v) is 7.67. The van der Waals surface area contributed by atoms with Crippen LogP contribution in [0.4, 0.5) is 5.95 Å². The number of likely N-dealkylation sites (tertiary alicyclic amines) is 1. The molecule has 0 saturated carbocycles. The fourth-order valence-corrected chi connectivity index (χ4v) is 3.99. The summed E-state index contributed by atoms with van der Waals surface area (Å²) in [7, 11) is 3.94. The van der Waals surface area contributed by atoms with Gasteiger partial charge in [-0.3, -0.25) is 4.90 Å². The number of nitrogens with one attached hydrogen (secondary N) is 1. The second-order valence-electron chi connectivity index (χ2n) is 7.67. The van der Waals surface area contributed by atoms with E-state index in [-0.39, 0.29) is 0 Å². The fourth-order valence-electron chi connectivity index (χ4n) is 3.99. The molecule has 1 unspecified atom stereocenters. The molecule has 0 radical (unpaired) electrons. The van der Waals surface area contributed by atoms with E-state index in [1.807, 2.05) is 45.2 Å². The predicted octanol–water partition coefficient (Wildman–Crippen LogP) is 2.92. The van der Waals surface area contributed by atoms with E-state index in [0.29, 0.717) is 5.92 Å². The van der Waals surface area contributed by atoms with Gasteiger partial charge in [0.1, 0.15) is 11.6 Å². The van der Waals surface area contributed by atoms with Gasteiger partial charge in [-0.25, -0.2) is 15.0 Å². The summed E-state index contributed by atoms with van der Waals surface area (Å²) < 4.78 is 5.42. The van der Waals surface area contributed by atoms with Crippen molar-refractivity contribution < 1.29 is 4.52 Å². The number of aromatic nitrogens is 5. The van der Waals surface area contributed by atoms with Crippen molar-refractivity contribution in [3.63, 3.8) is 0 Å². The fraction of sp³-hybridized carbons (Fsp3) is 0.500. The summed E-state index contributed by atoms with van der Waals surface area (Å²) in [5.74, 6) is 2.87. The number of H-pyrrole nitrogens is 1. The third-order valence-electron chi connectivity index (χ3n) is 5.33. The normalized spacial score (nSPS) is 17.8. The Morgan fingerprint density at radius 2 is 2.14 bits per heavy atom. The van der Waals surface area contributed by atoms with Crippen LogP contribution >= 0.6 is 0 Å². The van der Waals surface area contributed by atoms with Crippen LogP contribution in [-0.4, -0.2) is 57.2 Å². The summed E-state index contributed by atoms with van der Waals surface area (Å²) >= 11 is 0. The summed E-state index contributed by atoms with van der Waals surface area (Å²) in [4.78, 5) is 21.5. The molecule has 4 heterocycles. The Bertz CT molecular complexity index is 913. The number of imidazole rings is 1. The molecular formula is C20H27N7O. The van der Waals surface area contributed by atoms with Crippen molar-refractivity contribution in [3.8, 4) is 11.1 Å². The summed E-state index contributed by atoms with van der Waals surface area (Å²) in [6, 6.07) is 0. The molecule has 1 atom stereocenters. The van der Waals surface area contributed by atoms with Crippen LogP contribution in [0.25, 0.3) is 11.1 Å². The molecule has 1 aliphatic rings. The van der Waals surface area contributed by atoms with E-state index in [2.05, 4.69) is 25.0 Å². The number of aromatic amines is 1. The smallest absolute Gasteiger partial charge is 0.225 e. The minimum Gasteiger partial charge on any atom is -0.361 e. The van der Waals surface area contributed by atoms with Crippen LogP contribution in [0.15, 0.2) is 23.1 Å². The molecule has 0 aromatic carbocycles. The van der Waals surface area contributed by atoms with Gasteiger partial charge in [0.05, 0.1) is 23.5 Å². The van der Waals surface area contributed by atoms with Gasteiger partial charge in [-0.1, -0.05) is 5.16 Å². The predicted molar refractivity (Wildman–Crippen MR) is 107 cm³/mol. The van der Waals surface area contributed by atoms with Crippen LogP contribution in [0.1, 0.15) is 41.7 Å². The molecule has 4 rings (SSSR count). The van der Waals surface area contributed by atoms with Gasteiger partial charge in [0.25, 0.3) is 0 Å². The minimum absolute atomic E-state index is 0.328. The number of aryl methyl sites for hydroxylation is 2. The Labute approximate surface area is 165 Å². The zero-order chi connectivity index (χ0) is 19.7. The molecule has 1 saturated heterocycles. The highest BCUT2D eigenvalue weighted by atomic mass is 16.5. The van der Waals surface area contributed by atoms with Gasteiger partial charge in [0.15, 0.2) is 0 Å². The molecule has 0 amide bonds. The molecule has 3 aromatic rings. The lowest BCUT2D eigenvalue weighted by Gasteiger charge is -2.33. The van der Waals surface area contributed by atoms with Crippen molar-refractivity contribution in [1.82, 2.24) is 30.0 Å². The van der Waals surface area contributed by atoms with Crippen molar-refractivity contribution in [2.24, 2.45) is 0 Å². The maximum atomic E-state index is 5.42. The van der Waals surface area contributed by atoms with E-state index < -0.39 is 0 Å². The van der Waals surface area contributed by atoms with Crippen LogP contribution in [0, 0.1) is 13.8 Å². The summed E-state index contributed by atoms with van der Waals surface area (Å²) in [6.07, 6.45) is 7.85. The first-order valence-corrected chi connectivity index (χ1v) is 9.71. The Morgan fingerprint density at radius 1 is 1.29 bits per heavy atom. The average molecular weight is 381 g/mol. The van der Waals surface area contributed by atoms with E-state index in [1.54, 1.807) is 6.20 Å². The van der Waals surface area contributed by atoms with E-state index in [9.17, 15) is 0 Å². The van der Waals surface area contributed by atoms with Crippen LogP contribution < -0.4 is 4.90 Å². The monoisotopic (exact) mass is 381 g/mol. The number of piperidine rings is 1. The lowest BCUT2D eigenvalue weighted by Crippen LogP contribution is -2.35. The molecule has 0 aliphatic carbocycles. The SMILES string of the molecule is Cc1noc(C)c1-c1cnc(N(C)C)nc1C1CCCN(Cc2ncc[nH]2)C1. The third kappa shape index (κ3) is 3.64. The number of hydrogen-bond donors (Lipinski definition) is 1. The maximum absolute atomic E-state index is 5.42. The Hall–Kier alpha value is -2.74. The zero-order valence-corrected chi connectivity index (χ0v) is 16.9. The van der Waals surface area contributed by atoms with Gasteiger partial charge < -0.3 is 14.4 Å². The molecule has 0 bridgehead atoms. The molecule has 1 aliphatic heterocycles. The molecule has 3 aromatic heterocycles. The quantitative estimate of drug-likeness (QED) is 0.727. The van der Waals surface area contributed by atoms with Gasteiger partial charge in [0.2, 0.25) is 5.95 Å². The molecule has 28 heavy (non-hydrogen) atoms. The lowest BCUT2D eigenvalue weighted by molar-refractivity contribution is 0.195. The summed E-state index contributed by atoms with van der Waals surface area (Å²) in [5.41, 5.74) is 4.01. The molecule has 148 valence electrons. The third-order valence-corrected chi connectivity index (χ3v) is 5.33. The number of anilines is 1. The first-order valence-electron chi connectivity index (χ1n) is 9.71. The van der Waals surface area contributed by atoms with E-state index in [4.69, 9.17) is 9.51 Å². The highest BCUT2D eigenvalue weighted by molar-refractivity contribution is 5.70. The number of nitrogens with zero attached hydrogens (tertiary/aromatic N) is 6. The van der Waals surface area contributed by atoms with Gasteiger partial charge >= 0.3 is 0 Å². The molecule has 8 heteroatoms. The van der Waals surface area contributed by atoms with E-state index >= 15 is 0 Å². The van der Waals surface area contributed by atoms with Gasteiger partial charge in [-0.05, 0) is 33.2 Å². The molecular weight excluding hydrogens is 354 g/mol. The maximum Gasteiger partial charge on any atom is 0.225 e. The highest BCUT2D eigenvalue weighted by Gasteiger charge is 2.28.